The summed E-state index contributed by atoms with van der Waals surface area (Å²) in [7, 11) is 0. The van der Waals surface area contributed by atoms with Crippen LogP contribution in [0, 0.1) is 6.92 Å². The first-order chi connectivity index (χ1) is 7.61. The molecule has 88 valence electrons. The molecule has 1 aromatic carbocycles. The highest BCUT2D eigenvalue weighted by molar-refractivity contribution is 5.23. The van der Waals surface area contributed by atoms with Crippen LogP contribution in [0.1, 0.15) is 31.4 Å². The van der Waals surface area contributed by atoms with Crippen LogP contribution in [0.25, 0.3) is 0 Å². The summed E-state index contributed by atoms with van der Waals surface area (Å²) in [5, 5.41) is 3.52. The van der Waals surface area contributed by atoms with Gasteiger partial charge in [-0.05, 0) is 38.8 Å². The molecule has 0 saturated heterocycles. The SMILES string of the molecule is C=C(C)CC(Cc1cccc(C)c1)NCC. The van der Waals surface area contributed by atoms with Crippen molar-refractivity contribution in [3.8, 4) is 0 Å². The smallest absolute Gasteiger partial charge is 0.0144 e. The molecule has 1 nitrogen and oxygen atoms in total. The van der Waals surface area contributed by atoms with E-state index in [0.717, 1.165) is 19.4 Å². The van der Waals surface area contributed by atoms with Gasteiger partial charge in [0, 0.05) is 6.04 Å². The van der Waals surface area contributed by atoms with E-state index in [-0.39, 0.29) is 0 Å². The zero-order chi connectivity index (χ0) is 12.0. The predicted octanol–water partition coefficient (Wildman–Crippen LogP) is 3.48. The van der Waals surface area contributed by atoms with Crippen molar-refractivity contribution in [3.05, 3.63) is 47.5 Å². The Balaban J connectivity index is 2.63. The maximum Gasteiger partial charge on any atom is 0.0144 e. The quantitative estimate of drug-likeness (QED) is 0.719. The van der Waals surface area contributed by atoms with Gasteiger partial charge < -0.3 is 5.32 Å². The predicted molar refractivity (Wildman–Crippen MR) is 71.8 cm³/mol. The molecule has 0 amide bonds. The van der Waals surface area contributed by atoms with Crippen molar-refractivity contribution >= 4 is 0 Å². The minimum absolute atomic E-state index is 0.518. The number of hydrogen-bond acceptors (Lipinski definition) is 1. The summed E-state index contributed by atoms with van der Waals surface area (Å²) in [6, 6.07) is 9.27. The molecule has 0 aliphatic rings. The Hall–Kier alpha value is -1.08. The third kappa shape index (κ3) is 4.63. The molecule has 1 atom stereocenters. The lowest BCUT2D eigenvalue weighted by Crippen LogP contribution is -2.31. The monoisotopic (exact) mass is 217 g/mol. The Morgan fingerprint density at radius 1 is 1.44 bits per heavy atom. The van der Waals surface area contributed by atoms with Crippen LogP contribution in [-0.2, 0) is 6.42 Å². The molecule has 16 heavy (non-hydrogen) atoms. The molecular weight excluding hydrogens is 194 g/mol. The number of benzene rings is 1. The van der Waals surface area contributed by atoms with E-state index in [1.165, 1.54) is 16.7 Å². The highest BCUT2D eigenvalue weighted by Gasteiger charge is 2.08. The van der Waals surface area contributed by atoms with Crippen LogP contribution in [0.15, 0.2) is 36.4 Å². The fraction of sp³-hybridized carbons (Fsp3) is 0.467. The number of hydrogen-bond donors (Lipinski definition) is 1. The number of rotatable bonds is 6. The van der Waals surface area contributed by atoms with E-state index < -0.39 is 0 Å². The molecule has 1 rings (SSSR count). The minimum atomic E-state index is 0.518. The second kappa shape index (κ2) is 6.49. The Morgan fingerprint density at radius 3 is 2.75 bits per heavy atom. The highest BCUT2D eigenvalue weighted by Crippen LogP contribution is 2.11. The number of nitrogens with one attached hydrogen (secondary N) is 1. The molecule has 0 bridgehead atoms. The average molecular weight is 217 g/mol. The Labute approximate surface area is 99.6 Å². The standard InChI is InChI=1S/C15H23N/c1-5-16-15(9-12(2)3)11-14-8-6-7-13(4)10-14/h6-8,10,15-16H,2,5,9,11H2,1,3-4H3. The van der Waals surface area contributed by atoms with Gasteiger partial charge in [-0.3, -0.25) is 0 Å². The highest BCUT2D eigenvalue weighted by atomic mass is 14.9. The fourth-order valence-electron chi connectivity index (χ4n) is 2.05. The van der Waals surface area contributed by atoms with Crippen LogP contribution >= 0.6 is 0 Å². The summed E-state index contributed by atoms with van der Waals surface area (Å²) in [6.45, 7) is 11.4. The van der Waals surface area contributed by atoms with Crippen molar-refractivity contribution in [1.82, 2.24) is 5.32 Å². The maximum absolute atomic E-state index is 4.00. The van der Waals surface area contributed by atoms with Crippen LogP contribution in [0.4, 0.5) is 0 Å². The first-order valence-corrected chi connectivity index (χ1v) is 6.05. The van der Waals surface area contributed by atoms with Crippen LogP contribution in [0.5, 0.6) is 0 Å². The molecule has 1 heteroatoms. The van der Waals surface area contributed by atoms with Crippen molar-refractivity contribution in [2.45, 2.75) is 39.7 Å². The molecule has 0 fully saturated rings. The van der Waals surface area contributed by atoms with Gasteiger partial charge in [-0.2, -0.15) is 0 Å². The summed E-state index contributed by atoms with van der Waals surface area (Å²) in [4.78, 5) is 0. The van der Waals surface area contributed by atoms with E-state index in [2.05, 4.69) is 56.9 Å². The van der Waals surface area contributed by atoms with Crippen LogP contribution in [0.2, 0.25) is 0 Å². The van der Waals surface area contributed by atoms with E-state index in [4.69, 9.17) is 0 Å². The first-order valence-electron chi connectivity index (χ1n) is 6.05. The van der Waals surface area contributed by atoms with Gasteiger partial charge in [-0.15, -0.1) is 6.58 Å². The van der Waals surface area contributed by atoms with Crippen molar-refractivity contribution in [2.24, 2.45) is 0 Å². The van der Waals surface area contributed by atoms with Crippen molar-refractivity contribution in [2.75, 3.05) is 6.54 Å². The summed E-state index contributed by atoms with van der Waals surface area (Å²) in [6.07, 6.45) is 2.14. The minimum Gasteiger partial charge on any atom is -0.314 e. The average Bonchev–Trinajstić information content (AvgIpc) is 2.16. The van der Waals surface area contributed by atoms with Gasteiger partial charge in [0.25, 0.3) is 0 Å². The van der Waals surface area contributed by atoms with E-state index in [1.807, 2.05) is 0 Å². The summed E-state index contributed by atoms with van der Waals surface area (Å²) in [5.74, 6) is 0. The molecule has 0 spiro atoms. The molecule has 1 aromatic rings. The molecule has 0 radical (unpaired) electrons. The molecule has 0 aromatic heterocycles. The van der Waals surface area contributed by atoms with Crippen molar-refractivity contribution in [1.29, 1.82) is 0 Å². The van der Waals surface area contributed by atoms with E-state index >= 15 is 0 Å². The summed E-state index contributed by atoms with van der Waals surface area (Å²) >= 11 is 0. The van der Waals surface area contributed by atoms with Gasteiger partial charge in [-0.1, -0.05) is 42.3 Å². The maximum atomic E-state index is 4.00. The molecule has 0 aliphatic heterocycles. The molecule has 1 unspecified atom stereocenters. The van der Waals surface area contributed by atoms with E-state index in [0.29, 0.717) is 6.04 Å². The topological polar surface area (TPSA) is 12.0 Å². The Morgan fingerprint density at radius 2 is 2.19 bits per heavy atom. The summed E-state index contributed by atoms with van der Waals surface area (Å²) in [5.41, 5.74) is 3.99. The van der Waals surface area contributed by atoms with Crippen molar-refractivity contribution in [3.63, 3.8) is 0 Å². The third-order valence-corrected chi connectivity index (χ3v) is 2.65. The van der Waals surface area contributed by atoms with Crippen molar-refractivity contribution < 1.29 is 0 Å². The largest absolute Gasteiger partial charge is 0.314 e. The van der Waals surface area contributed by atoms with Gasteiger partial charge in [0.15, 0.2) is 0 Å². The third-order valence-electron chi connectivity index (χ3n) is 2.65. The lowest BCUT2D eigenvalue weighted by molar-refractivity contribution is 0.520. The molecule has 0 heterocycles. The van der Waals surface area contributed by atoms with Crippen LogP contribution in [-0.4, -0.2) is 12.6 Å². The molecule has 0 saturated carbocycles. The van der Waals surface area contributed by atoms with E-state index in [1.54, 1.807) is 0 Å². The molecule has 0 aliphatic carbocycles. The van der Waals surface area contributed by atoms with Crippen LogP contribution in [0.3, 0.4) is 0 Å². The zero-order valence-electron chi connectivity index (χ0n) is 10.7. The Kier molecular flexibility index (Phi) is 5.27. The fourth-order valence-corrected chi connectivity index (χ4v) is 2.05. The summed E-state index contributed by atoms with van der Waals surface area (Å²) < 4.78 is 0. The second-order valence-electron chi connectivity index (χ2n) is 4.61. The number of likely N-dealkylation sites (N-methyl/N-ethyl adjacent to an activating group) is 1. The second-order valence-corrected chi connectivity index (χ2v) is 4.61. The lowest BCUT2D eigenvalue weighted by Gasteiger charge is -2.18. The zero-order valence-corrected chi connectivity index (χ0v) is 10.7. The van der Waals surface area contributed by atoms with Gasteiger partial charge >= 0.3 is 0 Å². The van der Waals surface area contributed by atoms with E-state index in [9.17, 15) is 0 Å². The van der Waals surface area contributed by atoms with Crippen LogP contribution < -0.4 is 5.32 Å². The van der Waals surface area contributed by atoms with Gasteiger partial charge in [-0.25, -0.2) is 0 Å². The Bertz CT molecular complexity index is 341. The number of aryl methyl sites for hydroxylation is 1. The molecule has 1 N–H and O–H groups in total. The molecular formula is C15H23N. The van der Waals surface area contributed by atoms with Gasteiger partial charge in [0.2, 0.25) is 0 Å². The van der Waals surface area contributed by atoms with Gasteiger partial charge in [0.05, 0.1) is 0 Å². The lowest BCUT2D eigenvalue weighted by atomic mass is 9.99. The van der Waals surface area contributed by atoms with Gasteiger partial charge in [0.1, 0.15) is 0 Å². The first kappa shape index (κ1) is 13.0. The normalized spacial score (nSPS) is 12.4.